The molecule has 1 saturated heterocycles. The molecular formula is C45H37BrClF7N6O8S. The van der Waals surface area contributed by atoms with Crippen molar-refractivity contribution in [2.24, 2.45) is 11.8 Å². The standard InChI is InChI=1S/C45H37BrClF7N6O8S/c1-20(39(62)58-41(64)32-26(48)9-10-29(34(32)50)66-19-31-56-28-16-25(47)17-55-44(28)69-31)3-4-23-15-27(49)33(42(65)59-40(63)22-11-13-60(2)14-12-22)35(51)37(23)67-30(18-61)43-57-36(38(46)68-43)21-5-7-24(8-6-21)45(52,53)54/h5-10,15-17,20,22,30,61H,3-4,11-14,18-19H2,1-2H3,(H,58,62,64)(H,59,63,65). The summed E-state index contributed by atoms with van der Waals surface area (Å²) in [6.07, 6.45) is -4.97. The van der Waals surface area contributed by atoms with Crippen LogP contribution in [0.4, 0.5) is 30.7 Å². The minimum atomic E-state index is -4.64. The van der Waals surface area contributed by atoms with Crippen LogP contribution in [-0.4, -0.2) is 75.3 Å². The van der Waals surface area contributed by atoms with Gasteiger partial charge in [-0.3, -0.25) is 29.8 Å². The second-order valence-corrected chi connectivity index (χ2v) is 18.1. The number of imide groups is 2. The molecule has 3 N–H and O–H groups in total. The summed E-state index contributed by atoms with van der Waals surface area (Å²) in [6, 6.07) is 7.75. The number of piperidine rings is 1. The minimum Gasteiger partial charge on any atom is -0.483 e. The van der Waals surface area contributed by atoms with Gasteiger partial charge in [0, 0.05) is 29.2 Å². The Kier molecular flexibility index (Phi) is 15.7. The number of amides is 4. The number of carbonyl (C=O) groups is 4. The van der Waals surface area contributed by atoms with Gasteiger partial charge in [0.15, 0.2) is 33.9 Å². The molecule has 0 spiro atoms. The topological polar surface area (TPSA) is 186 Å². The van der Waals surface area contributed by atoms with E-state index in [9.17, 15) is 41.8 Å². The van der Waals surface area contributed by atoms with E-state index in [-0.39, 0.29) is 34.5 Å². The van der Waals surface area contributed by atoms with Crippen LogP contribution in [0.5, 0.6) is 11.5 Å². The molecule has 4 amide bonds. The molecule has 4 heterocycles. The van der Waals surface area contributed by atoms with Crippen LogP contribution in [0.25, 0.3) is 21.6 Å². The van der Waals surface area contributed by atoms with E-state index >= 15 is 13.2 Å². The second-order valence-electron chi connectivity index (χ2n) is 15.8. The van der Waals surface area contributed by atoms with E-state index in [0.717, 1.165) is 47.7 Å². The van der Waals surface area contributed by atoms with Crippen LogP contribution in [0.2, 0.25) is 5.02 Å². The predicted molar refractivity (Wildman–Crippen MR) is 237 cm³/mol. The Morgan fingerprint density at radius 2 is 1.65 bits per heavy atom. The first-order valence-corrected chi connectivity index (χ1v) is 22.7. The number of hydrogen-bond donors (Lipinski definition) is 3. The molecule has 6 aromatic rings. The summed E-state index contributed by atoms with van der Waals surface area (Å²) in [4.78, 5) is 68.0. The summed E-state index contributed by atoms with van der Waals surface area (Å²) in [6.45, 7) is 1.06. The number of halogens is 9. The van der Waals surface area contributed by atoms with Gasteiger partial charge in [0.1, 0.15) is 50.4 Å². The molecule has 3 aromatic carbocycles. The summed E-state index contributed by atoms with van der Waals surface area (Å²) in [7, 11) is 1.84. The predicted octanol–water partition coefficient (Wildman–Crippen LogP) is 9.15. The van der Waals surface area contributed by atoms with Crippen molar-refractivity contribution >= 4 is 72.8 Å². The van der Waals surface area contributed by atoms with Gasteiger partial charge in [-0.15, -0.1) is 0 Å². The molecule has 7 rings (SSSR count). The number of thiazole rings is 1. The Morgan fingerprint density at radius 3 is 2.33 bits per heavy atom. The number of carbonyl (C=O) groups excluding carboxylic acids is 4. The van der Waals surface area contributed by atoms with Crippen molar-refractivity contribution in [1.29, 1.82) is 0 Å². The van der Waals surface area contributed by atoms with E-state index < -0.39 is 118 Å². The molecule has 0 radical (unpaired) electrons. The number of oxazole rings is 1. The van der Waals surface area contributed by atoms with E-state index in [1.54, 1.807) is 6.07 Å². The van der Waals surface area contributed by atoms with Crippen LogP contribution in [-0.2, 0) is 28.8 Å². The number of likely N-dealkylation sites (tertiary alicyclic amines) is 1. The Labute approximate surface area is 404 Å². The molecule has 2 atom stereocenters. The average Bonchev–Trinajstić information content (AvgIpc) is 3.89. The van der Waals surface area contributed by atoms with Crippen LogP contribution >= 0.6 is 38.9 Å². The van der Waals surface area contributed by atoms with E-state index in [1.807, 2.05) is 22.6 Å². The molecule has 2 unspecified atom stereocenters. The third-order valence-corrected chi connectivity index (χ3v) is 12.7. The number of nitrogens with one attached hydrogen (secondary N) is 2. The van der Waals surface area contributed by atoms with Crippen molar-refractivity contribution < 1.29 is 68.9 Å². The number of fused-ring (bicyclic) bond motifs is 1. The van der Waals surface area contributed by atoms with Crippen molar-refractivity contribution in [3.63, 3.8) is 0 Å². The van der Waals surface area contributed by atoms with Gasteiger partial charge < -0.3 is 23.9 Å². The van der Waals surface area contributed by atoms with Gasteiger partial charge in [-0.25, -0.2) is 32.5 Å². The smallest absolute Gasteiger partial charge is 0.416 e. The fraction of sp³-hybridized carbons (Fsp3) is 0.311. The van der Waals surface area contributed by atoms with Crippen molar-refractivity contribution in [2.75, 3.05) is 26.7 Å². The first-order chi connectivity index (χ1) is 32.7. The molecule has 3 aromatic heterocycles. The largest absolute Gasteiger partial charge is 0.483 e. The first kappa shape index (κ1) is 50.9. The van der Waals surface area contributed by atoms with Crippen LogP contribution < -0.4 is 20.1 Å². The van der Waals surface area contributed by atoms with Crippen molar-refractivity contribution in [2.45, 2.75) is 51.5 Å². The monoisotopic (exact) mass is 1070 g/mol. The second kappa shape index (κ2) is 21.3. The molecule has 364 valence electrons. The minimum absolute atomic E-state index is 0.0465. The van der Waals surface area contributed by atoms with Gasteiger partial charge in [-0.2, -0.15) is 13.2 Å². The van der Waals surface area contributed by atoms with Gasteiger partial charge in [0.05, 0.1) is 17.2 Å². The van der Waals surface area contributed by atoms with Crippen LogP contribution in [0.15, 0.2) is 63.8 Å². The van der Waals surface area contributed by atoms with Gasteiger partial charge in [-0.1, -0.05) is 42.0 Å². The number of aromatic nitrogens is 3. The Hall–Kier alpha value is -6.01. The number of hydrogen-bond acceptors (Lipinski definition) is 13. The lowest BCUT2D eigenvalue weighted by Crippen LogP contribution is -2.41. The molecule has 24 heteroatoms. The fourth-order valence-corrected chi connectivity index (χ4v) is 8.61. The number of aryl methyl sites for hydroxylation is 1. The maximum Gasteiger partial charge on any atom is 0.416 e. The number of ether oxygens (including phenoxy) is 2. The zero-order chi connectivity index (χ0) is 49.9. The number of rotatable bonds is 15. The highest BCUT2D eigenvalue weighted by molar-refractivity contribution is 9.10. The zero-order valence-corrected chi connectivity index (χ0v) is 39.1. The summed E-state index contributed by atoms with van der Waals surface area (Å²) < 4.78 is 120. The summed E-state index contributed by atoms with van der Waals surface area (Å²) in [5.41, 5.74) is -3.13. The van der Waals surface area contributed by atoms with Crippen LogP contribution in [0, 0.1) is 35.1 Å². The Bertz CT molecular complexity index is 2930. The number of pyridine rings is 1. The molecule has 0 bridgehead atoms. The lowest BCUT2D eigenvalue weighted by Gasteiger charge is -2.27. The third kappa shape index (κ3) is 11.7. The molecular weight excluding hydrogens is 1030 g/mol. The Morgan fingerprint density at radius 1 is 0.971 bits per heavy atom. The lowest BCUT2D eigenvalue weighted by atomic mass is 9.95. The average molecular weight is 1070 g/mol. The zero-order valence-electron chi connectivity index (χ0n) is 36.0. The lowest BCUT2D eigenvalue weighted by molar-refractivity contribution is -0.137. The molecule has 69 heavy (non-hydrogen) atoms. The molecule has 14 nitrogen and oxygen atoms in total. The maximum absolute atomic E-state index is 16.7. The van der Waals surface area contributed by atoms with Crippen molar-refractivity contribution in [3.8, 4) is 22.8 Å². The molecule has 0 saturated carbocycles. The highest BCUT2D eigenvalue weighted by Crippen LogP contribution is 2.38. The Balaban J connectivity index is 1.10. The number of aliphatic hydroxyl groups is 1. The number of aliphatic hydroxyl groups excluding tert-OH is 1. The number of alkyl halides is 3. The molecule has 1 fully saturated rings. The van der Waals surface area contributed by atoms with Gasteiger partial charge in [0.25, 0.3) is 11.8 Å². The normalized spacial score (nSPS) is 14.4. The van der Waals surface area contributed by atoms with E-state index in [2.05, 4.69) is 30.9 Å². The highest BCUT2D eigenvalue weighted by Gasteiger charge is 2.34. The fourth-order valence-electron chi connectivity index (χ4n) is 7.17. The number of nitrogens with zero attached hydrogens (tertiary/aromatic N) is 4. The summed E-state index contributed by atoms with van der Waals surface area (Å²) in [5.74, 6) is -14.3. The van der Waals surface area contributed by atoms with Gasteiger partial charge >= 0.3 is 6.18 Å². The van der Waals surface area contributed by atoms with E-state index in [4.69, 9.17) is 25.5 Å². The van der Waals surface area contributed by atoms with E-state index in [1.165, 1.54) is 13.1 Å². The summed E-state index contributed by atoms with van der Waals surface area (Å²) >= 11 is 10.2. The first-order valence-electron chi connectivity index (χ1n) is 20.7. The van der Waals surface area contributed by atoms with Crippen LogP contribution in [0.1, 0.15) is 75.0 Å². The summed E-state index contributed by atoms with van der Waals surface area (Å²) in [5, 5.41) is 15.1. The van der Waals surface area contributed by atoms with Gasteiger partial charge in [0.2, 0.25) is 17.7 Å². The van der Waals surface area contributed by atoms with Gasteiger partial charge in [-0.05, 0) is 98.1 Å². The van der Waals surface area contributed by atoms with E-state index in [0.29, 0.717) is 52.4 Å². The third-order valence-electron chi connectivity index (χ3n) is 11.0. The maximum atomic E-state index is 16.7. The molecule has 1 aliphatic heterocycles. The molecule has 1 aliphatic rings. The quantitative estimate of drug-likeness (QED) is 0.0655. The van der Waals surface area contributed by atoms with Crippen LogP contribution in [0.3, 0.4) is 0 Å². The molecule has 0 aliphatic carbocycles. The highest BCUT2D eigenvalue weighted by atomic mass is 79.9. The van der Waals surface area contributed by atoms with Crippen molar-refractivity contribution in [1.82, 2.24) is 30.5 Å². The SMILES string of the molecule is CC(CCc1cc(F)c(C(=O)NC(=O)C2CCN(C)CC2)c(F)c1OC(CO)c1nc(-c2ccc(C(F)(F)F)cc2)c(Br)o1)C(=O)NC(=O)c1c(F)ccc(OCc2nc3cc(Cl)cnc3s2)c1F. The number of benzene rings is 3. The van der Waals surface area contributed by atoms with Crippen molar-refractivity contribution in [3.05, 3.63) is 121 Å².